The minimum absolute atomic E-state index is 0.328. The molecule has 0 spiro atoms. The summed E-state index contributed by atoms with van der Waals surface area (Å²) in [6.45, 7) is 12.6. The highest BCUT2D eigenvalue weighted by Gasteiger charge is 2.12. The smallest absolute Gasteiger partial charge is 0.0615 e. The predicted octanol–water partition coefficient (Wildman–Crippen LogP) is 1.37. The van der Waals surface area contributed by atoms with Crippen LogP contribution < -0.4 is 5.32 Å². The molecule has 0 bridgehead atoms. The summed E-state index contributed by atoms with van der Waals surface area (Å²) in [5.74, 6) is 0. The summed E-state index contributed by atoms with van der Waals surface area (Å²) in [5, 5.41) is 3.46. The molecule has 1 atom stereocenters. The third-order valence-electron chi connectivity index (χ3n) is 3.14. The Hall–Kier alpha value is -0.200. The van der Waals surface area contributed by atoms with E-state index in [0.29, 0.717) is 12.1 Å². The van der Waals surface area contributed by atoms with Crippen LogP contribution in [0.2, 0.25) is 0 Å². The molecule has 0 saturated heterocycles. The number of ether oxygens (including phenoxy) is 3. The summed E-state index contributed by atoms with van der Waals surface area (Å²) >= 11 is 0. The van der Waals surface area contributed by atoms with E-state index in [4.69, 9.17) is 14.2 Å². The summed E-state index contributed by atoms with van der Waals surface area (Å²) in [5.41, 5.74) is 0. The molecule has 0 radical (unpaired) electrons. The van der Waals surface area contributed by atoms with Crippen LogP contribution in [0, 0.1) is 0 Å². The number of nitrogens with zero attached hydrogens (tertiary/aromatic N) is 1. The van der Waals surface area contributed by atoms with Crippen molar-refractivity contribution in [2.75, 3.05) is 60.2 Å². The summed E-state index contributed by atoms with van der Waals surface area (Å²) in [6, 6.07) is 0.418. The molecule has 0 amide bonds. The lowest BCUT2D eigenvalue weighted by Gasteiger charge is -2.28. The van der Waals surface area contributed by atoms with Gasteiger partial charge in [0.15, 0.2) is 0 Å². The van der Waals surface area contributed by atoms with Gasteiger partial charge in [-0.25, -0.2) is 0 Å². The second-order valence-electron chi connectivity index (χ2n) is 5.36. The number of methoxy groups -OCH3 is 2. The number of rotatable bonds is 14. The van der Waals surface area contributed by atoms with Gasteiger partial charge >= 0.3 is 0 Å². The van der Waals surface area contributed by atoms with Gasteiger partial charge in [0.05, 0.1) is 19.3 Å². The molecule has 0 aliphatic carbocycles. The first-order chi connectivity index (χ1) is 9.61. The lowest BCUT2D eigenvalue weighted by atomic mass is 10.3. The SMILES string of the molecule is COCCN(CCNCCCOC(C)C)C(C)COC. The van der Waals surface area contributed by atoms with E-state index in [2.05, 4.69) is 31.0 Å². The maximum atomic E-state index is 5.51. The maximum absolute atomic E-state index is 5.51. The van der Waals surface area contributed by atoms with Crippen molar-refractivity contribution in [2.45, 2.75) is 39.3 Å². The average molecular weight is 290 g/mol. The largest absolute Gasteiger partial charge is 0.383 e. The molecule has 5 nitrogen and oxygen atoms in total. The first-order valence-corrected chi connectivity index (χ1v) is 7.66. The van der Waals surface area contributed by atoms with Crippen molar-refractivity contribution >= 4 is 0 Å². The Morgan fingerprint density at radius 2 is 1.70 bits per heavy atom. The van der Waals surface area contributed by atoms with Crippen molar-refractivity contribution < 1.29 is 14.2 Å². The van der Waals surface area contributed by atoms with Gasteiger partial charge in [0.2, 0.25) is 0 Å². The van der Waals surface area contributed by atoms with Gasteiger partial charge in [0, 0.05) is 46.5 Å². The van der Waals surface area contributed by atoms with Crippen LogP contribution in [0.4, 0.5) is 0 Å². The molecule has 5 heteroatoms. The van der Waals surface area contributed by atoms with E-state index in [1.54, 1.807) is 14.2 Å². The molecule has 1 unspecified atom stereocenters. The Balaban J connectivity index is 3.67. The van der Waals surface area contributed by atoms with Gasteiger partial charge < -0.3 is 19.5 Å². The van der Waals surface area contributed by atoms with Gasteiger partial charge in [-0.3, -0.25) is 4.90 Å². The molecule has 0 aromatic heterocycles. The lowest BCUT2D eigenvalue weighted by Crippen LogP contribution is -2.42. The quantitative estimate of drug-likeness (QED) is 0.490. The van der Waals surface area contributed by atoms with E-state index >= 15 is 0 Å². The number of hydrogen-bond donors (Lipinski definition) is 1. The second kappa shape index (κ2) is 13.8. The second-order valence-corrected chi connectivity index (χ2v) is 5.36. The molecule has 0 fully saturated rings. The van der Waals surface area contributed by atoms with Crippen molar-refractivity contribution in [1.29, 1.82) is 0 Å². The standard InChI is InChI=1S/C15H34N2O3/c1-14(2)20-11-6-7-16-8-9-17(10-12-18-4)15(3)13-19-5/h14-16H,6-13H2,1-5H3. The van der Waals surface area contributed by atoms with Crippen molar-refractivity contribution in [2.24, 2.45) is 0 Å². The molecule has 0 aromatic carbocycles. The highest BCUT2D eigenvalue weighted by molar-refractivity contribution is 4.68. The fourth-order valence-electron chi connectivity index (χ4n) is 1.97. The zero-order valence-electron chi connectivity index (χ0n) is 14.0. The first kappa shape index (κ1) is 19.8. The molecule has 0 rings (SSSR count). The molecule has 0 saturated carbocycles. The van der Waals surface area contributed by atoms with Gasteiger partial charge in [-0.2, -0.15) is 0 Å². The van der Waals surface area contributed by atoms with Crippen LogP contribution >= 0.6 is 0 Å². The van der Waals surface area contributed by atoms with Crippen molar-refractivity contribution in [3.8, 4) is 0 Å². The molecule has 20 heavy (non-hydrogen) atoms. The Kier molecular flexibility index (Phi) is 13.6. The molecular weight excluding hydrogens is 256 g/mol. The van der Waals surface area contributed by atoms with E-state index in [1.807, 2.05) is 0 Å². The summed E-state index contributed by atoms with van der Waals surface area (Å²) in [7, 11) is 3.49. The Bertz CT molecular complexity index is 204. The predicted molar refractivity (Wildman–Crippen MR) is 83.4 cm³/mol. The first-order valence-electron chi connectivity index (χ1n) is 7.66. The van der Waals surface area contributed by atoms with Crippen LogP contribution in [-0.2, 0) is 14.2 Å². The van der Waals surface area contributed by atoms with Crippen molar-refractivity contribution in [3.05, 3.63) is 0 Å². The van der Waals surface area contributed by atoms with E-state index in [1.165, 1.54) is 0 Å². The zero-order valence-corrected chi connectivity index (χ0v) is 14.0. The van der Waals surface area contributed by atoms with Crippen LogP contribution in [0.5, 0.6) is 0 Å². The zero-order chi connectivity index (χ0) is 15.2. The molecule has 0 aliphatic heterocycles. The minimum atomic E-state index is 0.328. The van der Waals surface area contributed by atoms with Gasteiger partial charge in [0.25, 0.3) is 0 Å². The summed E-state index contributed by atoms with van der Waals surface area (Å²) < 4.78 is 15.9. The normalized spacial score (nSPS) is 13.3. The van der Waals surface area contributed by atoms with Crippen LogP contribution in [0.3, 0.4) is 0 Å². The minimum Gasteiger partial charge on any atom is -0.383 e. The van der Waals surface area contributed by atoms with E-state index in [0.717, 1.165) is 52.4 Å². The number of nitrogens with one attached hydrogen (secondary N) is 1. The topological polar surface area (TPSA) is 43.0 Å². The Morgan fingerprint density at radius 1 is 0.950 bits per heavy atom. The molecule has 0 aromatic rings. The molecular formula is C15H34N2O3. The fraction of sp³-hybridized carbons (Fsp3) is 1.00. The lowest BCUT2D eigenvalue weighted by molar-refractivity contribution is 0.0726. The van der Waals surface area contributed by atoms with E-state index < -0.39 is 0 Å². The third-order valence-corrected chi connectivity index (χ3v) is 3.14. The van der Waals surface area contributed by atoms with Gasteiger partial charge in [-0.15, -0.1) is 0 Å². The van der Waals surface area contributed by atoms with E-state index in [9.17, 15) is 0 Å². The molecule has 0 aliphatic rings. The van der Waals surface area contributed by atoms with Crippen LogP contribution in [0.25, 0.3) is 0 Å². The maximum Gasteiger partial charge on any atom is 0.0615 e. The highest BCUT2D eigenvalue weighted by Crippen LogP contribution is 1.99. The third kappa shape index (κ3) is 11.6. The van der Waals surface area contributed by atoms with Crippen LogP contribution in [-0.4, -0.2) is 77.3 Å². The van der Waals surface area contributed by atoms with Crippen LogP contribution in [0.1, 0.15) is 27.2 Å². The Morgan fingerprint density at radius 3 is 2.30 bits per heavy atom. The van der Waals surface area contributed by atoms with Crippen molar-refractivity contribution in [1.82, 2.24) is 10.2 Å². The van der Waals surface area contributed by atoms with Crippen LogP contribution in [0.15, 0.2) is 0 Å². The van der Waals surface area contributed by atoms with Gasteiger partial charge in [-0.1, -0.05) is 0 Å². The van der Waals surface area contributed by atoms with Gasteiger partial charge in [0.1, 0.15) is 0 Å². The molecule has 1 N–H and O–H groups in total. The fourth-order valence-corrected chi connectivity index (χ4v) is 1.97. The molecule has 0 heterocycles. The Labute approximate surface area is 124 Å². The highest BCUT2D eigenvalue weighted by atomic mass is 16.5. The van der Waals surface area contributed by atoms with Crippen molar-refractivity contribution in [3.63, 3.8) is 0 Å². The van der Waals surface area contributed by atoms with E-state index in [-0.39, 0.29) is 0 Å². The number of hydrogen-bond acceptors (Lipinski definition) is 5. The average Bonchev–Trinajstić information content (AvgIpc) is 2.40. The molecule has 122 valence electrons. The van der Waals surface area contributed by atoms with Gasteiger partial charge in [-0.05, 0) is 33.7 Å². The monoisotopic (exact) mass is 290 g/mol. The summed E-state index contributed by atoms with van der Waals surface area (Å²) in [6.07, 6.45) is 1.39. The summed E-state index contributed by atoms with van der Waals surface area (Å²) in [4.78, 5) is 2.39.